The first-order valence-corrected chi connectivity index (χ1v) is 5.97. The van der Waals surface area contributed by atoms with Crippen LogP contribution in [0.2, 0.25) is 0 Å². The summed E-state index contributed by atoms with van der Waals surface area (Å²) in [5, 5.41) is 7.38. The van der Waals surface area contributed by atoms with Crippen LogP contribution in [0.25, 0.3) is 0 Å². The number of ether oxygens (including phenoxy) is 1. The number of nitrogens with one attached hydrogen (secondary N) is 1. The van der Waals surface area contributed by atoms with E-state index >= 15 is 0 Å². The summed E-state index contributed by atoms with van der Waals surface area (Å²) < 4.78 is 7.16. The average molecular weight is 247 g/mol. The van der Waals surface area contributed by atoms with Crippen LogP contribution in [-0.2, 0) is 13.6 Å². The molecule has 96 valence electrons. The lowest BCUT2D eigenvalue weighted by atomic mass is 10.2. The lowest BCUT2D eigenvalue weighted by Gasteiger charge is -2.07. The van der Waals surface area contributed by atoms with Crippen LogP contribution in [-0.4, -0.2) is 26.3 Å². The standard InChI is InChI=1S/C12H17N5O/c1-3-6-13-8-10-5-4-7-14-11(10)18-12-15-9-17(2)16-12/h4-5,7,9,13H,3,6,8H2,1-2H3. The molecular weight excluding hydrogens is 230 g/mol. The van der Waals surface area contributed by atoms with Gasteiger partial charge in [-0.15, -0.1) is 5.10 Å². The molecule has 0 aliphatic carbocycles. The molecule has 2 rings (SSSR count). The van der Waals surface area contributed by atoms with Gasteiger partial charge in [-0.1, -0.05) is 13.0 Å². The maximum atomic E-state index is 5.57. The van der Waals surface area contributed by atoms with Crippen LogP contribution in [0, 0.1) is 0 Å². The van der Waals surface area contributed by atoms with Crippen LogP contribution in [0.15, 0.2) is 24.7 Å². The molecule has 2 heterocycles. The van der Waals surface area contributed by atoms with E-state index in [-0.39, 0.29) is 0 Å². The van der Waals surface area contributed by atoms with Gasteiger partial charge in [0.05, 0.1) is 0 Å². The van der Waals surface area contributed by atoms with E-state index in [9.17, 15) is 0 Å². The molecule has 0 bridgehead atoms. The van der Waals surface area contributed by atoms with Crippen molar-refractivity contribution >= 4 is 0 Å². The van der Waals surface area contributed by atoms with E-state index in [2.05, 4.69) is 27.3 Å². The van der Waals surface area contributed by atoms with Gasteiger partial charge in [-0.05, 0) is 19.0 Å². The SMILES string of the molecule is CCCNCc1cccnc1Oc1ncn(C)n1. The third-order valence-corrected chi connectivity index (χ3v) is 2.36. The summed E-state index contributed by atoms with van der Waals surface area (Å²) in [6.45, 7) is 3.82. The molecule has 0 atom stereocenters. The van der Waals surface area contributed by atoms with E-state index < -0.39 is 0 Å². The topological polar surface area (TPSA) is 64.9 Å². The maximum Gasteiger partial charge on any atom is 0.342 e. The summed E-state index contributed by atoms with van der Waals surface area (Å²) in [6.07, 6.45) is 4.38. The van der Waals surface area contributed by atoms with E-state index in [1.807, 2.05) is 12.1 Å². The fourth-order valence-electron chi connectivity index (χ4n) is 1.50. The van der Waals surface area contributed by atoms with Gasteiger partial charge >= 0.3 is 6.01 Å². The smallest absolute Gasteiger partial charge is 0.342 e. The van der Waals surface area contributed by atoms with Crippen molar-refractivity contribution in [1.82, 2.24) is 25.1 Å². The highest BCUT2D eigenvalue weighted by Crippen LogP contribution is 2.19. The van der Waals surface area contributed by atoms with Crippen molar-refractivity contribution in [2.45, 2.75) is 19.9 Å². The van der Waals surface area contributed by atoms with Gasteiger partial charge in [0.25, 0.3) is 0 Å². The third-order valence-electron chi connectivity index (χ3n) is 2.36. The quantitative estimate of drug-likeness (QED) is 0.784. The Kier molecular flexibility index (Phi) is 4.25. The summed E-state index contributed by atoms with van der Waals surface area (Å²) >= 11 is 0. The first-order chi connectivity index (χ1) is 8.79. The predicted molar refractivity (Wildman–Crippen MR) is 67.3 cm³/mol. The molecule has 0 spiro atoms. The van der Waals surface area contributed by atoms with Gasteiger partial charge in [0, 0.05) is 25.4 Å². The van der Waals surface area contributed by atoms with Crippen LogP contribution >= 0.6 is 0 Å². The molecule has 0 aliphatic heterocycles. The molecule has 1 N–H and O–H groups in total. The lowest BCUT2D eigenvalue weighted by Crippen LogP contribution is -2.14. The van der Waals surface area contributed by atoms with Gasteiger partial charge in [-0.25, -0.2) is 4.98 Å². The zero-order chi connectivity index (χ0) is 12.8. The molecule has 0 radical (unpaired) electrons. The van der Waals surface area contributed by atoms with Crippen LogP contribution in [0.1, 0.15) is 18.9 Å². The minimum atomic E-state index is 0.313. The summed E-state index contributed by atoms with van der Waals surface area (Å²) in [6, 6.07) is 4.18. The van der Waals surface area contributed by atoms with Gasteiger partial charge in [0.1, 0.15) is 6.33 Å². The highest BCUT2D eigenvalue weighted by Gasteiger charge is 2.08. The van der Waals surface area contributed by atoms with Gasteiger partial charge in [0.2, 0.25) is 5.88 Å². The molecule has 0 saturated carbocycles. The second-order valence-corrected chi connectivity index (χ2v) is 3.95. The second-order valence-electron chi connectivity index (χ2n) is 3.95. The Balaban J connectivity index is 2.07. The summed E-state index contributed by atoms with van der Waals surface area (Å²) in [5.74, 6) is 0.548. The number of hydrogen-bond donors (Lipinski definition) is 1. The highest BCUT2D eigenvalue weighted by molar-refractivity contribution is 5.27. The van der Waals surface area contributed by atoms with Crippen LogP contribution < -0.4 is 10.1 Å². The zero-order valence-corrected chi connectivity index (χ0v) is 10.6. The summed E-state index contributed by atoms with van der Waals surface area (Å²) in [4.78, 5) is 8.23. The van der Waals surface area contributed by atoms with E-state index in [0.29, 0.717) is 11.9 Å². The van der Waals surface area contributed by atoms with Crippen molar-refractivity contribution in [1.29, 1.82) is 0 Å². The molecule has 0 aliphatic rings. The number of hydrogen-bond acceptors (Lipinski definition) is 5. The van der Waals surface area contributed by atoms with Crippen LogP contribution in [0.5, 0.6) is 11.9 Å². The maximum absolute atomic E-state index is 5.57. The number of nitrogens with zero attached hydrogens (tertiary/aromatic N) is 4. The Morgan fingerprint density at radius 1 is 1.39 bits per heavy atom. The van der Waals surface area contributed by atoms with E-state index in [1.54, 1.807) is 24.3 Å². The third kappa shape index (κ3) is 3.27. The molecule has 6 nitrogen and oxygen atoms in total. The van der Waals surface area contributed by atoms with E-state index in [4.69, 9.17) is 4.74 Å². The molecular formula is C12H17N5O. The van der Waals surface area contributed by atoms with Crippen molar-refractivity contribution in [3.8, 4) is 11.9 Å². The zero-order valence-electron chi connectivity index (χ0n) is 10.6. The van der Waals surface area contributed by atoms with Gasteiger partial charge in [-0.3, -0.25) is 4.68 Å². The Labute approximate surface area is 106 Å². The number of pyridine rings is 1. The Morgan fingerprint density at radius 2 is 2.28 bits per heavy atom. The van der Waals surface area contributed by atoms with Crippen molar-refractivity contribution in [2.24, 2.45) is 7.05 Å². The van der Waals surface area contributed by atoms with E-state index in [0.717, 1.165) is 25.1 Å². The molecule has 0 amide bonds. The number of rotatable bonds is 6. The van der Waals surface area contributed by atoms with Crippen molar-refractivity contribution in [3.05, 3.63) is 30.2 Å². The Hall–Kier alpha value is -1.95. The first-order valence-electron chi connectivity index (χ1n) is 5.97. The summed E-state index contributed by atoms with van der Waals surface area (Å²) in [7, 11) is 1.79. The molecule has 0 aromatic carbocycles. The first kappa shape index (κ1) is 12.5. The number of aryl methyl sites for hydroxylation is 1. The van der Waals surface area contributed by atoms with E-state index in [1.165, 1.54) is 0 Å². The fourth-order valence-corrected chi connectivity index (χ4v) is 1.50. The van der Waals surface area contributed by atoms with Crippen molar-refractivity contribution in [3.63, 3.8) is 0 Å². The molecule has 0 unspecified atom stereocenters. The molecule has 0 fully saturated rings. The minimum Gasteiger partial charge on any atom is -0.404 e. The molecule has 2 aromatic rings. The predicted octanol–water partition coefficient (Wildman–Crippen LogP) is 1.50. The second kappa shape index (κ2) is 6.11. The van der Waals surface area contributed by atoms with Gasteiger partial charge in [-0.2, -0.15) is 4.98 Å². The molecule has 6 heteroatoms. The molecule has 0 saturated heterocycles. The fraction of sp³-hybridized carbons (Fsp3) is 0.417. The monoisotopic (exact) mass is 247 g/mol. The van der Waals surface area contributed by atoms with Crippen molar-refractivity contribution < 1.29 is 4.74 Å². The van der Waals surface area contributed by atoms with Crippen molar-refractivity contribution in [2.75, 3.05) is 6.54 Å². The van der Waals surface area contributed by atoms with Crippen LogP contribution in [0.3, 0.4) is 0 Å². The largest absolute Gasteiger partial charge is 0.404 e. The summed E-state index contributed by atoms with van der Waals surface area (Å²) in [5.41, 5.74) is 0.999. The lowest BCUT2D eigenvalue weighted by molar-refractivity contribution is 0.415. The molecule has 18 heavy (non-hydrogen) atoms. The molecule has 2 aromatic heterocycles. The highest BCUT2D eigenvalue weighted by atomic mass is 16.5. The Bertz CT molecular complexity index is 497. The van der Waals surface area contributed by atoms with Crippen LogP contribution in [0.4, 0.5) is 0 Å². The minimum absolute atomic E-state index is 0.313. The van der Waals surface area contributed by atoms with Gasteiger partial charge in [0.15, 0.2) is 0 Å². The number of aromatic nitrogens is 4. The average Bonchev–Trinajstić information content (AvgIpc) is 2.77. The Morgan fingerprint density at radius 3 is 3.00 bits per heavy atom. The van der Waals surface area contributed by atoms with Gasteiger partial charge < -0.3 is 10.1 Å². The normalized spacial score (nSPS) is 10.6.